The maximum absolute atomic E-state index is 13.2. The van der Waals surface area contributed by atoms with Crippen LogP contribution in [0.4, 0.5) is 0 Å². The van der Waals surface area contributed by atoms with Gasteiger partial charge in [-0.1, -0.05) is 29.8 Å². The fourth-order valence-corrected chi connectivity index (χ4v) is 5.84. The Morgan fingerprint density at radius 1 is 0.895 bits per heavy atom. The zero-order valence-electron chi connectivity index (χ0n) is 20.5. The minimum atomic E-state index is -1.01. The van der Waals surface area contributed by atoms with E-state index in [9.17, 15) is 24.3 Å². The minimum absolute atomic E-state index is 0.0715. The predicted octanol–water partition coefficient (Wildman–Crippen LogP) is 5.12. The number of ketones is 2. The number of Topliss-reactive ketones (excluding diaryl/α,β-unsaturated/α-hetero) is 2. The summed E-state index contributed by atoms with van der Waals surface area (Å²) in [5, 5.41) is 19.0. The number of halogens is 1. The number of aromatic carboxylic acids is 1. The molecule has 0 amide bonds. The van der Waals surface area contributed by atoms with E-state index in [4.69, 9.17) is 21.4 Å². The van der Waals surface area contributed by atoms with E-state index < -0.39 is 17.9 Å². The van der Waals surface area contributed by atoms with Gasteiger partial charge in [-0.3, -0.25) is 14.4 Å². The van der Waals surface area contributed by atoms with Gasteiger partial charge in [0.05, 0.1) is 10.6 Å². The van der Waals surface area contributed by atoms with E-state index in [1.807, 2.05) is 0 Å². The number of allylic oxidation sites excluding steroid dienone is 4. The lowest BCUT2D eigenvalue weighted by atomic mass is 9.71. The molecule has 9 heteroatoms. The average molecular weight is 536 g/mol. The molecule has 1 heterocycles. The Balaban J connectivity index is 1.49. The third kappa shape index (κ3) is 4.84. The zero-order valence-corrected chi connectivity index (χ0v) is 21.3. The highest BCUT2D eigenvalue weighted by Gasteiger charge is 2.43. The van der Waals surface area contributed by atoms with Crippen molar-refractivity contribution in [2.75, 3.05) is 6.54 Å². The van der Waals surface area contributed by atoms with Crippen molar-refractivity contribution in [2.24, 2.45) is 0 Å². The molecule has 38 heavy (non-hydrogen) atoms. The number of carboxylic acid groups (broad SMARTS) is 2. The highest BCUT2D eigenvalue weighted by atomic mass is 35.5. The summed E-state index contributed by atoms with van der Waals surface area (Å²) in [5.74, 6) is -2.35. The first-order valence-electron chi connectivity index (χ1n) is 12.5. The fraction of sp³-hybridized carbons (Fsp3) is 0.310. The average Bonchev–Trinajstić information content (AvgIpc) is 2.89. The summed E-state index contributed by atoms with van der Waals surface area (Å²) in [4.78, 5) is 50.9. The van der Waals surface area contributed by atoms with Crippen LogP contribution in [0.1, 0.15) is 65.9 Å². The number of nitrogens with zero attached hydrogens (tertiary/aromatic N) is 1. The van der Waals surface area contributed by atoms with Gasteiger partial charge in [-0.2, -0.15) is 0 Å². The third-order valence-electron chi connectivity index (χ3n) is 7.26. The SMILES string of the molecule is O=C(O)CN1C2=C(C(=O)CCC2)C(c2ccc(OCc3ccc(C(=O)O)cc3)c(Cl)c2)C2=C1CCCC2=O. The van der Waals surface area contributed by atoms with Crippen LogP contribution in [-0.2, 0) is 21.0 Å². The molecule has 0 fully saturated rings. The molecule has 196 valence electrons. The largest absolute Gasteiger partial charge is 0.487 e. The molecule has 1 aliphatic heterocycles. The predicted molar refractivity (Wildman–Crippen MR) is 138 cm³/mol. The molecule has 0 bridgehead atoms. The second kappa shape index (κ2) is 10.5. The van der Waals surface area contributed by atoms with Crippen LogP contribution in [0.3, 0.4) is 0 Å². The van der Waals surface area contributed by atoms with E-state index in [1.165, 1.54) is 12.1 Å². The van der Waals surface area contributed by atoms with Crippen molar-refractivity contribution in [1.82, 2.24) is 4.90 Å². The fourth-order valence-electron chi connectivity index (χ4n) is 5.59. The highest BCUT2D eigenvalue weighted by molar-refractivity contribution is 6.32. The second-order valence-electron chi connectivity index (χ2n) is 9.67. The van der Waals surface area contributed by atoms with Crippen molar-refractivity contribution in [3.63, 3.8) is 0 Å². The molecule has 2 aliphatic carbocycles. The number of benzene rings is 2. The third-order valence-corrected chi connectivity index (χ3v) is 7.56. The van der Waals surface area contributed by atoms with Gasteiger partial charge < -0.3 is 19.8 Å². The van der Waals surface area contributed by atoms with Gasteiger partial charge in [0, 0.05) is 41.3 Å². The Hall–Kier alpha value is -3.91. The van der Waals surface area contributed by atoms with E-state index in [-0.39, 0.29) is 30.3 Å². The van der Waals surface area contributed by atoms with Crippen molar-refractivity contribution in [3.8, 4) is 5.75 Å². The summed E-state index contributed by atoms with van der Waals surface area (Å²) in [6.45, 7) is -0.111. The lowest BCUT2D eigenvalue weighted by Crippen LogP contribution is -2.41. The Bertz CT molecular complexity index is 1360. The second-order valence-corrected chi connectivity index (χ2v) is 10.1. The molecule has 5 rings (SSSR count). The Morgan fingerprint density at radius 2 is 1.50 bits per heavy atom. The number of carbonyl (C=O) groups excluding carboxylic acids is 2. The summed E-state index contributed by atoms with van der Waals surface area (Å²) < 4.78 is 5.87. The van der Waals surface area contributed by atoms with Gasteiger partial charge in [-0.05, 0) is 61.1 Å². The molecular formula is C29H26ClNO7. The maximum Gasteiger partial charge on any atom is 0.335 e. The van der Waals surface area contributed by atoms with Crippen LogP contribution in [0, 0.1) is 0 Å². The molecule has 3 aliphatic rings. The van der Waals surface area contributed by atoms with Gasteiger partial charge in [-0.15, -0.1) is 0 Å². The molecule has 0 spiro atoms. The molecule has 0 unspecified atom stereocenters. The van der Waals surface area contributed by atoms with Crippen LogP contribution in [0.25, 0.3) is 0 Å². The molecule has 0 atom stereocenters. The van der Waals surface area contributed by atoms with Crippen LogP contribution < -0.4 is 4.74 Å². The lowest BCUT2D eigenvalue weighted by molar-refractivity contribution is -0.138. The van der Waals surface area contributed by atoms with Gasteiger partial charge in [0.1, 0.15) is 18.9 Å². The van der Waals surface area contributed by atoms with Gasteiger partial charge in [-0.25, -0.2) is 4.79 Å². The van der Waals surface area contributed by atoms with E-state index in [0.717, 1.165) is 5.56 Å². The number of rotatable bonds is 7. The summed E-state index contributed by atoms with van der Waals surface area (Å²) in [6.07, 6.45) is 3.12. The zero-order chi connectivity index (χ0) is 27.0. The van der Waals surface area contributed by atoms with Crippen molar-refractivity contribution in [1.29, 1.82) is 0 Å². The molecular weight excluding hydrogens is 510 g/mol. The van der Waals surface area contributed by atoms with Crippen molar-refractivity contribution in [2.45, 2.75) is 51.0 Å². The molecule has 0 radical (unpaired) electrons. The molecule has 8 nitrogen and oxygen atoms in total. The quantitative estimate of drug-likeness (QED) is 0.501. The van der Waals surface area contributed by atoms with Gasteiger partial charge in [0.25, 0.3) is 0 Å². The van der Waals surface area contributed by atoms with E-state index in [0.29, 0.717) is 77.4 Å². The normalized spacial score (nSPS) is 17.9. The summed E-state index contributed by atoms with van der Waals surface area (Å²) >= 11 is 6.61. The lowest BCUT2D eigenvalue weighted by Gasteiger charge is -2.43. The van der Waals surface area contributed by atoms with Gasteiger partial charge in [0.2, 0.25) is 0 Å². The number of hydrogen-bond donors (Lipinski definition) is 2. The van der Waals surface area contributed by atoms with Crippen LogP contribution in [0.5, 0.6) is 5.75 Å². The number of carboxylic acids is 2. The number of hydrogen-bond acceptors (Lipinski definition) is 6. The van der Waals surface area contributed by atoms with E-state index in [2.05, 4.69) is 0 Å². The Morgan fingerprint density at radius 3 is 2.03 bits per heavy atom. The monoisotopic (exact) mass is 535 g/mol. The van der Waals surface area contributed by atoms with Crippen molar-refractivity contribution < 1.29 is 34.1 Å². The number of ether oxygens (including phenoxy) is 1. The van der Waals surface area contributed by atoms with Crippen LogP contribution in [0.15, 0.2) is 65.0 Å². The molecule has 0 saturated carbocycles. The summed E-state index contributed by atoms with van der Waals surface area (Å²) in [7, 11) is 0. The molecule has 2 N–H and O–H groups in total. The molecule has 0 aromatic heterocycles. The molecule has 2 aromatic carbocycles. The first kappa shape index (κ1) is 25.7. The smallest absolute Gasteiger partial charge is 0.335 e. The highest BCUT2D eigenvalue weighted by Crippen LogP contribution is 2.49. The van der Waals surface area contributed by atoms with E-state index in [1.54, 1.807) is 35.2 Å². The van der Waals surface area contributed by atoms with Crippen molar-refractivity contribution >= 4 is 35.1 Å². The van der Waals surface area contributed by atoms with Crippen LogP contribution >= 0.6 is 11.6 Å². The Kier molecular flexibility index (Phi) is 7.08. The van der Waals surface area contributed by atoms with E-state index >= 15 is 0 Å². The number of carbonyl (C=O) groups is 4. The van der Waals surface area contributed by atoms with Crippen molar-refractivity contribution in [3.05, 3.63) is 86.7 Å². The summed E-state index contributed by atoms with van der Waals surface area (Å²) in [6, 6.07) is 11.5. The first-order chi connectivity index (χ1) is 18.2. The van der Waals surface area contributed by atoms with Gasteiger partial charge >= 0.3 is 11.9 Å². The topological polar surface area (TPSA) is 121 Å². The maximum atomic E-state index is 13.2. The number of aliphatic carboxylic acids is 1. The van der Waals surface area contributed by atoms with Crippen LogP contribution in [0.2, 0.25) is 5.02 Å². The van der Waals surface area contributed by atoms with Gasteiger partial charge in [0.15, 0.2) is 11.6 Å². The van der Waals surface area contributed by atoms with Crippen LogP contribution in [-0.4, -0.2) is 45.2 Å². The minimum Gasteiger partial charge on any atom is -0.487 e. The summed E-state index contributed by atoms with van der Waals surface area (Å²) in [5.41, 5.74) is 4.03. The molecule has 2 aromatic rings. The molecule has 0 saturated heterocycles. The first-order valence-corrected chi connectivity index (χ1v) is 12.9. The standard InChI is InChI=1S/C29H26ClNO7/c30-19-13-18(11-12-24(19)38-15-16-7-9-17(10-8-16)29(36)37)26-27-20(3-1-5-22(27)32)31(14-25(34)35)21-4-2-6-23(33)28(21)26/h7-13,26H,1-6,14-15H2,(H,34,35)(H,36,37). The Labute approximate surface area is 224 Å².